The Bertz CT molecular complexity index is 835. The molecule has 1 aliphatic rings. The summed E-state index contributed by atoms with van der Waals surface area (Å²) in [5, 5.41) is 2.93. The predicted octanol–water partition coefficient (Wildman–Crippen LogP) is 3.40. The molecule has 3 rings (SSSR count). The van der Waals surface area contributed by atoms with Crippen LogP contribution in [-0.2, 0) is 0 Å². The second-order valence-corrected chi connectivity index (χ2v) is 5.92. The summed E-state index contributed by atoms with van der Waals surface area (Å²) < 4.78 is 50.1. The third-order valence-corrected chi connectivity index (χ3v) is 4.15. The van der Waals surface area contributed by atoms with Gasteiger partial charge in [0.2, 0.25) is 0 Å². The van der Waals surface area contributed by atoms with Gasteiger partial charge >= 0.3 is 0 Å². The van der Waals surface area contributed by atoms with E-state index in [1.165, 1.54) is 14.2 Å². The van der Waals surface area contributed by atoms with Gasteiger partial charge in [-0.2, -0.15) is 0 Å². The highest BCUT2D eigenvalue weighted by atomic mass is 19.2. The van der Waals surface area contributed by atoms with E-state index in [1.54, 1.807) is 18.2 Å². The highest BCUT2D eigenvalue weighted by molar-refractivity contribution is 5.92. The first kappa shape index (κ1) is 17.9. The van der Waals surface area contributed by atoms with E-state index in [0.717, 1.165) is 12.1 Å². The van der Waals surface area contributed by atoms with E-state index in [-0.39, 0.29) is 17.9 Å². The lowest BCUT2D eigenvalue weighted by molar-refractivity contribution is 0.355. The van der Waals surface area contributed by atoms with E-state index in [4.69, 9.17) is 15.2 Å². The Hall–Kier alpha value is -2.90. The molecular weight excluding hydrogens is 347 g/mol. The number of rotatable bonds is 5. The summed E-state index contributed by atoms with van der Waals surface area (Å²) in [7, 11) is 3.06. The first-order valence-corrected chi connectivity index (χ1v) is 7.89. The van der Waals surface area contributed by atoms with E-state index < -0.39 is 17.5 Å². The summed E-state index contributed by atoms with van der Waals surface area (Å²) in [6.07, 6.45) is 0.582. The Morgan fingerprint density at radius 1 is 1.08 bits per heavy atom. The maximum absolute atomic E-state index is 13.3. The summed E-state index contributed by atoms with van der Waals surface area (Å²) in [4.78, 5) is 4.29. The Balaban J connectivity index is 1.68. The van der Waals surface area contributed by atoms with Crippen LogP contribution in [0.3, 0.4) is 0 Å². The Labute approximate surface area is 148 Å². The number of aliphatic imine (C=N–C) groups is 1. The number of hydrogen-bond acceptors (Lipinski definition) is 3. The molecule has 1 fully saturated rings. The van der Waals surface area contributed by atoms with Crippen molar-refractivity contribution in [3.8, 4) is 11.5 Å². The van der Waals surface area contributed by atoms with Crippen LogP contribution in [0.1, 0.15) is 17.9 Å². The molecule has 3 N–H and O–H groups in total. The lowest BCUT2D eigenvalue weighted by Gasteiger charge is -2.11. The molecule has 138 valence electrons. The van der Waals surface area contributed by atoms with Crippen LogP contribution in [0.4, 0.5) is 18.9 Å². The Morgan fingerprint density at radius 2 is 1.73 bits per heavy atom. The van der Waals surface area contributed by atoms with Crippen LogP contribution < -0.4 is 20.5 Å². The van der Waals surface area contributed by atoms with Crippen LogP contribution in [0.15, 0.2) is 35.3 Å². The number of benzene rings is 2. The summed E-state index contributed by atoms with van der Waals surface area (Å²) in [6, 6.07) is 6.95. The van der Waals surface area contributed by atoms with Gasteiger partial charge in [-0.15, -0.1) is 0 Å². The van der Waals surface area contributed by atoms with Crippen molar-refractivity contribution in [3.05, 3.63) is 53.3 Å². The summed E-state index contributed by atoms with van der Waals surface area (Å²) in [5.74, 6) is -2.79. The molecule has 0 amide bonds. The number of halogens is 3. The van der Waals surface area contributed by atoms with E-state index >= 15 is 0 Å². The predicted molar refractivity (Wildman–Crippen MR) is 92.3 cm³/mol. The molecule has 0 aromatic heterocycles. The van der Waals surface area contributed by atoms with Crippen LogP contribution in [0.5, 0.6) is 11.5 Å². The van der Waals surface area contributed by atoms with Gasteiger partial charge in [0.25, 0.3) is 0 Å². The lowest BCUT2D eigenvalue weighted by atomic mass is 10.1. The number of nitrogens with zero attached hydrogens (tertiary/aromatic N) is 1. The molecule has 0 heterocycles. The van der Waals surface area contributed by atoms with E-state index in [9.17, 15) is 13.2 Å². The van der Waals surface area contributed by atoms with Crippen molar-refractivity contribution in [3.63, 3.8) is 0 Å². The van der Waals surface area contributed by atoms with E-state index in [0.29, 0.717) is 29.2 Å². The number of nitrogens with one attached hydrogen (secondary N) is 1. The molecule has 0 saturated heterocycles. The monoisotopic (exact) mass is 365 g/mol. The van der Waals surface area contributed by atoms with Gasteiger partial charge < -0.3 is 20.5 Å². The molecule has 26 heavy (non-hydrogen) atoms. The average molecular weight is 365 g/mol. The topological polar surface area (TPSA) is 68.9 Å². The number of ether oxygens (including phenoxy) is 2. The quantitative estimate of drug-likeness (QED) is 0.484. The molecule has 2 aromatic rings. The third kappa shape index (κ3) is 3.68. The molecule has 0 radical (unpaired) electrons. The molecule has 2 aromatic carbocycles. The minimum atomic E-state index is -1.47. The fourth-order valence-electron chi connectivity index (χ4n) is 2.74. The Kier molecular flexibility index (Phi) is 4.92. The molecule has 0 aliphatic heterocycles. The number of nitrogens with two attached hydrogens (primary N) is 1. The minimum Gasteiger partial charge on any atom is -0.493 e. The standard InChI is InChI=1S/C18H18F3N3O2/c1-25-15-4-3-10(7-16(15)26-2)23-18(22)24-14-8-11(14)9-5-12(19)17(21)13(20)6-9/h3-7,11,14H,8H2,1-2H3,(H3,22,23,24)/t11-,14+/m0/s1. The van der Waals surface area contributed by atoms with Crippen LogP contribution in [0.2, 0.25) is 0 Å². The highest BCUT2D eigenvalue weighted by Gasteiger charge is 2.39. The summed E-state index contributed by atoms with van der Waals surface area (Å²) >= 11 is 0. The van der Waals surface area contributed by atoms with Crippen molar-refractivity contribution >= 4 is 11.6 Å². The maximum atomic E-state index is 13.3. The Morgan fingerprint density at radius 3 is 2.35 bits per heavy atom. The van der Waals surface area contributed by atoms with Crippen LogP contribution in [0.25, 0.3) is 0 Å². The van der Waals surface area contributed by atoms with Crippen molar-refractivity contribution in [1.29, 1.82) is 0 Å². The van der Waals surface area contributed by atoms with Crippen molar-refractivity contribution in [2.45, 2.75) is 18.4 Å². The zero-order valence-electron chi connectivity index (χ0n) is 14.2. The van der Waals surface area contributed by atoms with Crippen LogP contribution in [0, 0.1) is 17.5 Å². The van der Waals surface area contributed by atoms with Gasteiger partial charge in [-0.25, -0.2) is 18.2 Å². The third-order valence-electron chi connectivity index (χ3n) is 4.15. The smallest absolute Gasteiger partial charge is 0.194 e. The molecule has 5 nitrogen and oxygen atoms in total. The van der Waals surface area contributed by atoms with Crippen molar-refractivity contribution in [1.82, 2.24) is 0 Å². The highest BCUT2D eigenvalue weighted by Crippen LogP contribution is 2.44. The largest absolute Gasteiger partial charge is 0.493 e. The zero-order valence-corrected chi connectivity index (χ0v) is 14.2. The number of anilines is 1. The second kappa shape index (κ2) is 7.15. The molecule has 2 atom stereocenters. The number of guanidine groups is 1. The van der Waals surface area contributed by atoms with Crippen molar-refractivity contribution in [2.24, 2.45) is 10.7 Å². The van der Waals surface area contributed by atoms with Gasteiger partial charge in [-0.3, -0.25) is 0 Å². The van der Waals surface area contributed by atoms with Gasteiger partial charge in [-0.1, -0.05) is 0 Å². The zero-order chi connectivity index (χ0) is 18.8. The fraction of sp³-hybridized carbons (Fsp3) is 0.278. The average Bonchev–Trinajstić information content (AvgIpc) is 3.37. The van der Waals surface area contributed by atoms with E-state index in [2.05, 4.69) is 10.3 Å². The SMILES string of the molecule is COc1ccc(NC(N)=N[C@@H]2C[C@H]2c2cc(F)c(F)c(F)c2)cc1OC. The fourth-order valence-corrected chi connectivity index (χ4v) is 2.74. The van der Waals surface area contributed by atoms with Crippen LogP contribution in [-0.4, -0.2) is 26.2 Å². The first-order chi connectivity index (χ1) is 12.4. The molecular formula is C18H18F3N3O2. The molecule has 0 bridgehead atoms. The van der Waals surface area contributed by atoms with Crippen molar-refractivity contribution in [2.75, 3.05) is 19.5 Å². The maximum Gasteiger partial charge on any atom is 0.194 e. The number of hydrogen-bond donors (Lipinski definition) is 2. The van der Waals surface area contributed by atoms with Gasteiger partial charge in [0.05, 0.1) is 20.3 Å². The lowest BCUT2D eigenvalue weighted by Crippen LogP contribution is -2.23. The van der Waals surface area contributed by atoms with Gasteiger partial charge in [-0.05, 0) is 36.2 Å². The second-order valence-electron chi connectivity index (χ2n) is 5.92. The van der Waals surface area contributed by atoms with Crippen molar-refractivity contribution < 1.29 is 22.6 Å². The van der Waals surface area contributed by atoms with Gasteiger partial charge in [0.15, 0.2) is 34.9 Å². The molecule has 0 spiro atoms. The molecule has 0 unspecified atom stereocenters. The number of methoxy groups -OCH3 is 2. The van der Waals surface area contributed by atoms with E-state index in [1.807, 2.05) is 0 Å². The summed E-state index contributed by atoms with van der Waals surface area (Å²) in [6.45, 7) is 0. The summed E-state index contributed by atoms with van der Waals surface area (Å²) in [5.41, 5.74) is 6.91. The van der Waals surface area contributed by atoms with Gasteiger partial charge in [0.1, 0.15) is 0 Å². The minimum absolute atomic E-state index is 0.160. The molecule has 1 saturated carbocycles. The molecule has 8 heteroatoms. The molecule has 1 aliphatic carbocycles. The van der Waals surface area contributed by atoms with Crippen LogP contribution >= 0.6 is 0 Å². The van der Waals surface area contributed by atoms with Gasteiger partial charge in [0, 0.05) is 17.7 Å². The normalized spacial score (nSPS) is 19.2. The first-order valence-electron chi connectivity index (χ1n) is 7.89.